The Hall–Kier alpha value is -4.20. The Morgan fingerprint density at radius 3 is 2.75 bits per heavy atom. The van der Waals surface area contributed by atoms with Crippen LogP contribution in [-0.2, 0) is 6.42 Å². The van der Waals surface area contributed by atoms with Crippen LogP contribution in [0.5, 0.6) is 11.5 Å². The SMILES string of the molecule is O=C(c1c2c(nc3ccccc13)/C(=C\c1ccc3c(c1)OCO3)CC2)N1CCC(n2cncn2)CC1. The first-order valence-corrected chi connectivity index (χ1v) is 12.4. The normalized spacial score (nSPS) is 18.2. The number of fused-ring (bicyclic) bond motifs is 3. The fourth-order valence-electron chi connectivity index (χ4n) is 5.62. The predicted molar refractivity (Wildman–Crippen MR) is 135 cm³/mol. The molecule has 0 saturated carbocycles. The highest BCUT2D eigenvalue weighted by Gasteiger charge is 2.31. The molecule has 180 valence electrons. The van der Waals surface area contributed by atoms with E-state index >= 15 is 0 Å². The van der Waals surface area contributed by atoms with Gasteiger partial charge in [0.05, 0.1) is 22.8 Å². The molecule has 3 aliphatic rings. The van der Waals surface area contributed by atoms with E-state index in [0.717, 1.165) is 76.0 Å². The Balaban J connectivity index is 1.24. The van der Waals surface area contributed by atoms with E-state index in [2.05, 4.69) is 16.2 Å². The quantitative estimate of drug-likeness (QED) is 0.430. The minimum atomic E-state index is 0.103. The van der Waals surface area contributed by atoms with E-state index in [-0.39, 0.29) is 18.7 Å². The number of amides is 1. The van der Waals surface area contributed by atoms with Crippen molar-refractivity contribution in [2.24, 2.45) is 0 Å². The molecular weight excluding hydrogens is 454 g/mol. The number of allylic oxidation sites excluding steroid dienone is 1. The molecule has 2 aromatic heterocycles. The van der Waals surface area contributed by atoms with Crippen LogP contribution in [0.25, 0.3) is 22.6 Å². The number of para-hydroxylation sites is 1. The molecule has 2 aliphatic heterocycles. The van der Waals surface area contributed by atoms with Crippen molar-refractivity contribution in [1.82, 2.24) is 24.6 Å². The van der Waals surface area contributed by atoms with Crippen LogP contribution in [0.15, 0.2) is 55.1 Å². The highest BCUT2D eigenvalue weighted by Crippen LogP contribution is 2.40. The molecule has 8 heteroatoms. The van der Waals surface area contributed by atoms with Crippen LogP contribution < -0.4 is 9.47 Å². The number of hydrogen-bond donors (Lipinski definition) is 0. The van der Waals surface area contributed by atoms with Gasteiger partial charge in [-0.05, 0) is 66.7 Å². The first kappa shape index (κ1) is 21.1. The van der Waals surface area contributed by atoms with Gasteiger partial charge in [0.1, 0.15) is 12.7 Å². The third kappa shape index (κ3) is 3.52. The predicted octanol–water partition coefficient (Wildman–Crippen LogP) is 4.52. The molecule has 1 aliphatic carbocycles. The zero-order chi connectivity index (χ0) is 24.1. The van der Waals surface area contributed by atoms with Gasteiger partial charge in [-0.1, -0.05) is 24.3 Å². The molecule has 1 amide bonds. The van der Waals surface area contributed by atoms with Gasteiger partial charge >= 0.3 is 0 Å². The molecule has 2 aromatic carbocycles. The molecular formula is C28H25N5O3. The minimum Gasteiger partial charge on any atom is -0.454 e. The molecule has 0 bridgehead atoms. The van der Waals surface area contributed by atoms with Crippen molar-refractivity contribution >= 4 is 28.5 Å². The summed E-state index contributed by atoms with van der Waals surface area (Å²) in [5, 5.41) is 5.22. The highest BCUT2D eigenvalue weighted by atomic mass is 16.7. The van der Waals surface area contributed by atoms with Crippen molar-refractivity contribution in [3.05, 3.63) is 77.5 Å². The smallest absolute Gasteiger partial charge is 0.254 e. The van der Waals surface area contributed by atoms with E-state index in [1.807, 2.05) is 52.0 Å². The first-order chi connectivity index (χ1) is 17.7. The van der Waals surface area contributed by atoms with Gasteiger partial charge < -0.3 is 14.4 Å². The van der Waals surface area contributed by atoms with Crippen molar-refractivity contribution < 1.29 is 14.3 Å². The molecule has 8 nitrogen and oxygen atoms in total. The number of rotatable bonds is 3. The van der Waals surface area contributed by atoms with Gasteiger partial charge in [-0.2, -0.15) is 5.10 Å². The van der Waals surface area contributed by atoms with Crippen LogP contribution in [0.2, 0.25) is 0 Å². The van der Waals surface area contributed by atoms with E-state index in [0.29, 0.717) is 13.1 Å². The highest BCUT2D eigenvalue weighted by molar-refractivity contribution is 6.09. The Morgan fingerprint density at radius 2 is 1.89 bits per heavy atom. The van der Waals surface area contributed by atoms with Crippen LogP contribution in [0.3, 0.4) is 0 Å². The Morgan fingerprint density at radius 1 is 1.03 bits per heavy atom. The summed E-state index contributed by atoms with van der Waals surface area (Å²) in [5.41, 5.74) is 5.85. The number of benzene rings is 2. The summed E-state index contributed by atoms with van der Waals surface area (Å²) < 4.78 is 12.9. The van der Waals surface area contributed by atoms with Crippen molar-refractivity contribution in [3.8, 4) is 11.5 Å². The maximum atomic E-state index is 14.0. The summed E-state index contributed by atoms with van der Waals surface area (Å²) in [7, 11) is 0. The molecule has 7 rings (SSSR count). The maximum Gasteiger partial charge on any atom is 0.254 e. The molecule has 0 atom stereocenters. The summed E-state index contributed by atoms with van der Waals surface area (Å²) in [6.45, 7) is 1.66. The summed E-state index contributed by atoms with van der Waals surface area (Å²) in [6, 6.07) is 14.3. The number of piperidine rings is 1. The van der Waals surface area contributed by atoms with Crippen LogP contribution in [-0.4, -0.2) is 50.4 Å². The van der Waals surface area contributed by atoms with Gasteiger partial charge in [0.2, 0.25) is 6.79 Å². The lowest BCUT2D eigenvalue weighted by molar-refractivity contribution is 0.0690. The second kappa shape index (κ2) is 8.48. The van der Waals surface area contributed by atoms with E-state index in [4.69, 9.17) is 14.5 Å². The molecule has 0 radical (unpaired) electrons. The number of pyridine rings is 1. The third-order valence-electron chi connectivity index (χ3n) is 7.46. The summed E-state index contributed by atoms with van der Waals surface area (Å²) in [6.07, 6.45) is 8.89. The number of carbonyl (C=O) groups is 1. The second-order valence-corrected chi connectivity index (χ2v) is 9.51. The Bertz CT molecular complexity index is 1500. The maximum absolute atomic E-state index is 14.0. The Labute approximate surface area is 208 Å². The van der Waals surface area contributed by atoms with Gasteiger partial charge in [0.25, 0.3) is 5.91 Å². The van der Waals surface area contributed by atoms with Crippen molar-refractivity contribution in [3.63, 3.8) is 0 Å². The molecule has 0 spiro atoms. The van der Waals surface area contributed by atoms with Crippen molar-refractivity contribution in [2.75, 3.05) is 19.9 Å². The monoisotopic (exact) mass is 479 g/mol. The van der Waals surface area contributed by atoms with Crippen molar-refractivity contribution in [2.45, 2.75) is 31.7 Å². The standard InChI is InChI=1S/C28H25N5O3/c34-28(32-11-9-20(10-12-32)33-16-29-15-30-33)26-21-3-1-2-4-23(21)31-27-19(6-7-22(26)27)13-18-5-8-24-25(14-18)36-17-35-24/h1-5,8,13-16,20H,6-7,9-12,17H2/b19-13-. The molecule has 36 heavy (non-hydrogen) atoms. The van der Waals surface area contributed by atoms with Crippen LogP contribution in [0.1, 0.15) is 52.5 Å². The van der Waals surface area contributed by atoms with E-state index in [1.54, 1.807) is 12.7 Å². The van der Waals surface area contributed by atoms with Crippen LogP contribution in [0.4, 0.5) is 0 Å². The second-order valence-electron chi connectivity index (χ2n) is 9.51. The van der Waals surface area contributed by atoms with Crippen LogP contribution in [0, 0.1) is 0 Å². The van der Waals surface area contributed by atoms with Gasteiger partial charge in [0, 0.05) is 18.5 Å². The summed E-state index contributed by atoms with van der Waals surface area (Å²) in [5.74, 6) is 1.64. The van der Waals surface area contributed by atoms with E-state index in [1.165, 1.54) is 0 Å². The number of nitrogens with zero attached hydrogens (tertiary/aromatic N) is 5. The van der Waals surface area contributed by atoms with Gasteiger partial charge in [0.15, 0.2) is 11.5 Å². The summed E-state index contributed by atoms with van der Waals surface area (Å²) in [4.78, 5) is 25.1. The average Bonchev–Trinajstić information content (AvgIpc) is 3.69. The Kier molecular flexibility index (Phi) is 4.97. The molecule has 0 unspecified atom stereocenters. The number of hydrogen-bond acceptors (Lipinski definition) is 6. The lowest BCUT2D eigenvalue weighted by Gasteiger charge is -2.32. The van der Waals surface area contributed by atoms with Crippen LogP contribution >= 0.6 is 0 Å². The lowest BCUT2D eigenvalue weighted by Crippen LogP contribution is -2.39. The largest absolute Gasteiger partial charge is 0.454 e. The van der Waals surface area contributed by atoms with Gasteiger partial charge in [-0.3, -0.25) is 4.79 Å². The lowest BCUT2D eigenvalue weighted by atomic mass is 9.97. The fraction of sp³-hybridized carbons (Fsp3) is 0.286. The van der Waals surface area contributed by atoms with Gasteiger partial charge in [-0.15, -0.1) is 0 Å². The minimum absolute atomic E-state index is 0.103. The number of ether oxygens (including phenoxy) is 2. The average molecular weight is 480 g/mol. The van der Waals surface area contributed by atoms with E-state index in [9.17, 15) is 4.79 Å². The molecule has 4 heterocycles. The van der Waals surface area contributed by atoms with Crippen molar-refractivity contribution in [1.29, 1.82) is 0 Å². The number of likely N-dealkylation sites (tertiary alicyclic amines) is 1. The molecule has 0 N–H and O–H groups in total. The number of aromatic nitrogens is 4. The molecule has 1 fully saturated rings. The first-order valence-electron chi connectivity index (χ1n) is 12.4. The molecule has 1 saturated heterocycles. The zero-order valence-corrected chi connectivity index (χ0v) is 19.8. The topological polar surface area (TPSA) is 82.4 Å². The third-order valence-corrected chi connectivity index (χ3v) is 7.46. The van der Waals surface area contributed by atoms with E-state index < -0.39 is 0 Å². The summed E-state index contributed by atoms with van der Waals surface area (Å²) >= 11 is 0. The zero-order valence-electron chi connectivity index (χ0n) is 19.8. The van der Waals surface area contributed by atoms with Gasteiger partial charge in [-0.25, -0.2) is 14.6 Å². The number of carbonyl (C=O) groups excluding carboxylic acids is 1. The molecule has 4 aromatic rings. The fourth-order valence-corrected chi connectivity index (χ4v) is 5.62.